The number of nitrogens with one attached hydrogen (secondary N) is 2. The number of aromatic amines is 1. The lowest BCUT2D eigenvalue weighted by molar-refractivity contribution is 0.0950. The van der Waals surface area contributed by atoms with Crippen molar-refractivity contribution in [3.05, 3.63) is 82.3 Å². The molecule has 2 N–H and O–H groups in total. The van der Waals surface area contributed by atoms with Crippen molar-refractivity contribution in [2.45, 2.75) is 32.4 Å². The van der Waals surface area contributed by atoms with E-state index in [0.29, 0.717) is 33.6 Å². The molecule has 0 spiro atoms. The molecular formula is C23H21FN6OS. The average molecular weight is 449 g/mol. The van der Waals surface area contributed by atoms with Crippen molar-refractivity contribution in [1.82, 2.24) is 29.9 Å². The Morgan fingerprint density at radius 1 is 1.19 bits per heavy atom. The molecule has 2 aromatic heterocycles. The SMILES string of the molecule is Cc1ccc(-c2nn(-c3ccc(F)cc3)cc2C(=O)NCc2n[nH]c(=S)n2C2CC2)cc1. The molecule has 0 saturated heterocycles. The molecule has 0 bridgehead atoms. The van der Waals surface area contributed by atoms with Gasteiger partial charge in [0.05, 0.1) is 17.8 Å². The molecule has 5 rings (SSSR count). The summed E-state index contributed by atoms with van der Waals surface area (Å²) in [6.07, 6.45) is 3.80. The Labute approximate surface area is 188 Å². The molecule has 0 atom stereocenters. The van der Waals surface area contributed by atoms with Gasteiger partial charge in [0.25, 0.3) is 5.91 Å². The summed E-state index contributed by atoms with van der Waals surface area (Å²) in [5, 5.41) is 14.7. The Hall–Kier alpha value is -3.59. The van der Waals surface area contributed by atoms with Crippen molar-refractivity contribution in [2.75, 3.05) is 0 Å². The van der Waals surface area contributed by atoms with E-state index in [9.17, 15) is 9.18 Å². The van der Waals surface area contributed by atoms with Gasteiger partial charge in [-0.15, -0.1) is 0 Å². The van der Waals surface area contributed by atoms with Gasteiger partial charge < -0.3 is 5.32 Å². The fourth-order valence-corrected chi connectivity index (χ4v) is 3.92. The fraction of sp³-hybridized carbons (Fsp3) is 0.217. The van der Waals surface area contributed by atoms with Gasteiger partial charge in [-0.1, -0.05) is 29.8 Å². The molecule has 2 heterocycles. The van der Waals surface area contributed by atoms with Gasteiger partial charge in [0.1, 0.15) is 11.5 Å². The largest absolute Gasteiger partial charge is 0.345 e. The molecule has 4 aromatic rings. The maximum absolute atomic E-state index is 13.4. The van der Waals surface area contributed by atoms with Crippen LogP contribution in [0.15, 0.2) is 54.7 Å². The number of H-pyrrole nitrogens is 1. The zero-order valence-corrected chi connectivity index (χ0v) is 18.2. The van der Waals surface area contributed by atoms with Gasteiger partial charge in [-0.05, 0) is 56.2 Å². The lowest BCUT2D eigenvalue weighted by Gasteiger charge is -2.07. The Kier molecular flexibility index (Phi) is 5.18. The zero-order chi connectivity index (χ0) is 22.2. The number of aryl methyl sites for hydroxylation is 1. The highest BCUT2D eigenvalue weighted by Gasteiger charge is 2.27. The van der Waals surface area contributed by atoms with E-state index in [-0.39, 0.29) is 18.3 Å². The highest BCUT2D eigenvalue weighted by atomic mass is 32.1. The zero-order valence-electron chi connectivity index (χ0n) is 17.4. The molecule has 32 heavy (non-hydrogen) atoms. The molecule has 1 aliphatic rings. The minimum atomic E-state index is -0.332. The van der Waals surface area contributed by atoms with E-state index in [1.54, 1.807) is 23.0 Å². The van der Waals surface area contributed by atoms with Crippen LogP contribution in [0.4, 0.5) is 4.39 Å². The number of rotatable bonds is 6. The van der Waals surface area contributed by atoms with Crippen LogP contribution in [0.2, 0.25) is 0 Å². The van der Waals surface area contributed by atoms with Crippen LogP contribution in [0.3, 0.4) is 0 Å². The van der Waals surface area contributed by atoms with E-state index in [2.05, 4.69) is 20.6 Å². The van der Waals surface area contributed by atoms with Crippen molar-refractivity contribution in [1.29, 1.82) is 0 Å². The van der Waals surface area contributed by atoms with E-state index in [1.807, 2.05) is 35.8 Å². The molecule has 0 aliphatic heterocycles. The molecule has 0 unspecified atom stereocenters. The number of amides is 1. The molecular weight excluding hydrogens is 427 g/mol. The van der Waals surface area contributed by atoms with Crippen LogP contribution in [0.1, 0.15) is 40.6 Å². The minimum Gasteiger partial charge on any atom is -0.345 e. The maximum atomic E-state index is 13.4. The third kappa shape index (κ3) is 3.99. The lowest BCUT2D eigenvalue weighted by atomic mass is 10.1. The lowest BCUT2D eigenvalue weighted by Crippen LogP contribution is -2.25. The van der Waals surface area contributed by atoms with E-state index < -0.39 is 0 Å². The second-order valence-corrected chi connectivity index (χ2v) is 8.29. The summed E-state index contributed by atoms with van der Waals surface area (Å²) >= 11 is 5.32. The van der Waals surface area contributed by atoms with E-state index in [1.165, 1.54) is 12.1 Å². The standard InChI is InChI=1S/C23H21FN6OS/c1-14-2-4-15(5-3-14)21-19(13-29(28-21)17-8-6-16(24)7-9-17)22(31)25-12-20-26-27-23(32)30(20)18-10-11-18/h2-9,13,18H,10-12H2,1H3,(H,25,31)(H,27,32). The second kappa shape index (κ2) is 8.16. The first-order valence-corrected chi connectivity index (χ1v) is 10.8. The summed E-state index contributed by atoms with van der Waals surface area (Å²) in [5.74, 6) is 0.0978. The molecule has 162 valence electrons. The van der Waals surface area contributed by atoms with Crippen LogP contribution in [-0.2, 0) is 6.54 Å². The minimum absolute atomic E-state index is 0.248. The Bertz CT molecular complexity index is 1330. The molecule has 9 heteroatoms. The van der Waals surface area contributed by atoms with Crippen molar-refractivity contribution in [2.24, 2.45) is 0 Å². The summed E-state index contributed by atoms with van der Waals surface area (Å²) in [5.41, 5.74) is 3.56. The molecule has 1 fully saturated rings. The quantitative estimate of drug-likeness (QED) is 0.426. The Balaban J connectivity index is 1.47. The smallest absolute Gasteiger partial charge is 0.255 e. The number of halogens is 1. The number of carbonyl (C=O) groups excluding carboxylic acids is 1. The van der Waals surface area contributed by atoms with Crippen LogP contribution in [0.25, 0.3) is 16.9 Å². The summed E-state index contributed by atoms with van der Waals surface area (Å²) in [4.78, 5) is 13.2. The van der Waals surface area contributed by atoms with Gasteiger partial charge in [-0.2, -0.15) is 10.2 Å². The Morgan fingerprint density at radius 2 is 1.91 bits per heavy atom. The average Bonchev–Trinajstić information content (AvgIpc) is 3.41. The van der Waals surface area contributed by atoms with Crippen molar-refractivity contribution < 1.29 is 9.18 Å². The number of hydrogen-bond donors (Lipinski definition) is 2. The predicted molar refractivity (Wildman–Crippen MR) is 121 cm³/mol. The first-order chi connectivity index (χ1) is 15.5. The fourth-order valence-electron chi connectivity index (χ4n) is 3.62. The van der Waals surface area contributed by atoms with E-state index in [4.69, 9.17) is 12.2 Å². The first kappa shape index (κ1) is 20.3. The van der Waals surface area contributed by atoms with E-state index in [0.717, 1.165) is 24.0 Å². The van der Waals surface area contributed by atoms with Crippen LogP contribution >= 0.6 is 12.2 Å². The summed E-state index contributed by atoms with van der Waals surface area (Å²) in [7, 11) is 0. The van der Waals surface area contributed by atoms with Crippen LogP contribution in [0, 0.1) is 17.5 Å². The maximum Gasteiger partial charge on any atom is 0.255 e. The topological polar surface area (TPSA) is 80.5 Å². The summed E-state index contributed by atoms with van der Waals surface area (Å²) in [6.45, 7) is 2.25. The highest BCUT2D eigenvalue weighted by molar-refractivity contribution is 7.71. The van der Waals surface area contributed by atoms with E-state index >= 15 is 0 Å². The molecule has 1 saturated carbocycles. The Morgan fingerprint density at radius 3 is 2.59 bits per heavy atom. The van der Waals surface area contributed by atoms with Gasteiger partial charge in [0, 0.05) is 17.8 Å². The van der Waals surface area contributed by atoms with Crippen LogP contribution < -0.4 is 5.32 Å². The third-order valence-corrected chi connectivity index (χ3v) is 5.76. The number of carbonyl (C=O) groups is 1. The van der Waals surface area contributed by atoms with Crippen molar-refractivity contribution >= 4 is 18.1 Å². The van der Waals surface area contributed by atoms with Crippen LogP contribution in [0.5, 0.6) is 0 Å². The molecule has 7 nitrogen and oxygen atoms in total. The van der Waals surface area contributed by atoms with Gasteiger partial charge in [-0.3, -0.25) is 14.5 Å². The van der Waals surface area contributed by atoms with Gasteiger partial charge >= 0.3 is 0 Å². The number of aromatic nitrogens is 5. The number of hydrogen-bond acceptors (Lipinski definition) is 4. The van der Waals surface area contributed by atoms with Gasteiger partial charge in [0.2, 0.25) is 0 Å². The van der Waals surface area contributed by atoms with Gasteiger partial charge in [-0.25, -0.2) is 9.07 Å². The first-order valence-electron chi connectivity index (χ1n) is 10.4. The monoisotopic (exact) mass is 448 g/mol. The molecule has 1 amide bonds. The number of nitrogens with zero attached hydrogens (tertiary/aromatic N) is 4. The highest BCUT2D eigenvalue weighted by Crippen LogP contribution is 2.35. The third-order valence-electron chi connectivity index (χ3n) is 5.47. The van der Waals surface area contributed by atoms with Gasteiger partial charge in [0.15, 0.2) is 10.6 Å². The normalized spacial score (nSPS) is 13.3. The molecule has 1 aliphatic carbocycles. The van der Waals surface area contributed by atoms with Crippen molar-refractivity contribution in [3.8, 4) is 16.9 Å². The van der Waals surface area contributed by atoms with Crippen molar-refractivity contribution in [3.63, 3.8) is 0 Å². The second-order valence-electron chi connectivity index (χ2n) is 7.91. The molecule has 2 aromatic carbocycles. The summed E-state index contributed by atoms with van der Waals surface area (Å²) in [6, 6.07) is 14.1. The summed E-state index contributed by atoms with van der Waals surface area (Å²) < 4.78 is 17.5. The predicted octanol–water partition coefficient (Wildman–Crippen LogP) is 4.51. The molecule has 0 radical (unpaired) electrons. The van der Waals surface area contributed by atoms with Crippen LogP contribution in [-0.4, -0.2) is 30.5 Å². The number of benzene rings is 2.